The first kappa shape index (κ1) is 23.7. The number of aryl methyl sites for hydroxylation is 1. The van der Waals surface area contributed by atoms with Gasteiger partial charge in [-0.1, -0.05) is 32.9 Å². The number of halogens is 5. The fraction of sp³-hybridized carbons (Fsp3) is 0.348. The lowest BCUT2D eigenvalue weighted by atomic mass is 9.93. The molecule has 3 aromatic rings. The lowest BCUT2D eigenvalue weighted by Crippen LogP contribution is -2.11. The largest absolute Gasteiger partial charge is 0.493 e. The molecule has 0 saturated heterocycles. The van der Waals surface area contributed by atoms with Crippen molar-refractivity contribution in [3.63, 3.8) is 0 Å². The van der Waals surface area contributed by atoms with Gasteiger partial charge in [0.25, 0.3) is 0 Å². The van der Waals surface area contributed by atoms with E-state index in [1.54, 1.807) is 19.1 Å². The highest BCUT2D eigenvalue weighted by Crippen LogP contribution is 2.45. The molecule has 0 unspecified atom stereocenters. The first-order valence-corrected chi connectivity index (χ1v) is 11.2. The van der Waals surface area contributed by atoms with Crippen molar-refractivity contribution < 1.29 is 22.3 Å². The van der Waals surface area contributed by atoms with Crippen molar-refractivity contribution >= 4 is 27.3 Å². The molecular formula is C23H22BrF4NOS. The highest BCUT2D eigenvalue weighted by molar-refractivity contribution is 9.11. The van der Waals surface area contributed by atoms with Crippen LogP contribution in [0, 0.1) is 18.2 Å². The van der Waals surface area contributed by atoms with Gasteiger partial charge in [0.05, 0.1) is 22.7 Å². The number of thiazole rings is 1. The molecule has 0 radical (unpaired) electrons. The van der Waals surface area contributed by atoms with Crippen LogP contribution in [0.5, 0.6) is 5.75 Å². The van der Waals surface area contributed by atoms with Gasteiger partial charge in [0.15, 0.2) is 3.92 Å². The number of alkyl halides is 3. The molecule has 0 spiro atoms. The summed E-state index contributed by atoms with van der Waals surface area (Å²) in [4.78, 5) is 4.75. The van der Waals surface area contributed by atoms with Gasteiger partial charge in [-0.05, 0) is 58.5 Å². The average molecular weight is 516 g/mol. The summed E-state index contributed by atoms with van der Waals surface area (Å²) in [5.74, 6) is -0.199. The Morgan fingerprint density at radius 2 is 1.81 bits per heavy atom. The SMILES string of the molecule is Cc1cccc(C(F)(F)F)c1-c1nc(Br)sc1-c1cc(F)cc(OCCC(C)(C)C)c1. The Morgan fingerprint density at radius 1 is 1.10 bits per heavy atom. The summed E-state index contributed by atoms with van der Waals surface area (Å²) in [6.45, 7) is 8.24. The van der Waals surface area contributed by atoms with Gasteiger partial charge >= 0.3 is 6.18 Å². The Bertz CT molecular complexity index is 1090. The van der Waals surface area contributed by atoms with E-state index >= 15 is 0 Å². The molecule has 0 saturated carbocycles. The molecule has 0 fully saturated rings. The van der Waals surface area contributed by atoms with Gasteiger partial charge in [0.1, 0.15) is 11.6 Å². The highest BCUT2D eigenvalue weighted by atomic mass is 79.9. The number of benzene rings is 2. The summed E-state index contributed by atoms with van der Waals surface area (Å²) in [6.07, 6.45) is -3.77. The van der Waals surface area contributed by atoms with Crippen LogP contribution in [0.3, 0.4) is 0 Å². The van der Waals surface area contributed by atoms with Gasteiger partial charge in [0.2, 0.25) is 0 Å². The van der Waals surface area contributed by atoms with Crippen molar-refractivity contribution in [2.45, 2.75) is 40.3 Å². The van der Waals surface area contributed by atoms with Gasteiger partial charge in [-0.2, -0.15) is 13.2 Å². The smallest absolute Gasteiger partial charge is 0.417 e. The zero-order valence-corrected chi connectivity index (χ0v) is 19.9. The third kappa shape index (κ3) is 5.86. The van der Waals surface area contributed by atoms with E-state index in [0.717, 1.165) is 23.8 Å². The van der Waals surface area contributed by atoms with Crippen molar-refractivity contribution in [3.05, 3.63) is 57.3 Å². The van der Waals surface area contributed by atoms with Crippen LogP contribution in [-0.4, -0.2) is 11.6 Å². The summed E-state index contributed by atoms with van der Waals surface area (Å²) < 4.78 is 61.6. The topological polar surface area (TPSA) is 22.1 Å². The van der Waals surface area contributed by atoms with E-state index in [-0.39, 0.29) is 16.7 Å². The van der Waals surface area contributed by atoms with Crippen LogP contribution < -0.4 is 4.74 Å². The summed E-state index contributed by atoms with van der Waals surface area (Å²) >= 11 is 4.43. The monoisotopic (exact) mass is 515 g/mol. The Balaban J connectivity index is 2.08. The molecule has 31 heavy (non-hydrogen) atoms. The molecule has 0 N–H and O–H groups in total. The zero-order valence-electron chi connectivity index (χ0n) is 17.5. The Kier molecular flexibility index (Phi) is 6.81. The van der Waals surface area contributed by atoms with Crippen LogP contribution in [0.15, 0.2) is 40.3 Å². The minimum Gasteiger partial charge on any atom is -0.493 e. The first-order valence-electron chi connectivity index (χ1n) is 9.62. The van der Waals surface area contributed by atoms with Crippen molar-refractivity contribution in [1.82, 2.24) is 4.98 Å². The zero-order chi connectivity index (χ0) is 23.0. The summed E-state index contributed by atoms with van der Waals surface area (Å²) in [5.41, 5.74) is 0.293. The molecule has 8 heteroatoms. The molecule has 0 aliphatic rings. The van der Waals surface area contributed by atoms with Crippen LogP contribution in [0.25, 0.3) is 21.7 Å². The van der Waals surface area contributed by atoms with E-state index in [0.29, 0.717) is 32.3 Å². The van der Waals surface area contributed by atoms with Crippen molar-refractivity contribution in [2.75, 3.05) is 6.61 Å². The van der Waals surface area contributed by atoms with E-state index in [2.05, 4.69) is 41.7 Å². The molecule has 0 aliphatic carbocycles. The van der Waals surface area contributed by atoms with E-state index < -0.39 is 17.6 Å². The van der Waals surface area contributed by atoms with Gasteiger partial charge in [-0.15, -0.1) is 11.3 Å². The molecule has 0 amide bonds. The molecule has 2 aromatic carbocycles. The third-order valence-electron chi connectivity index (χ3n) is 4.67. The van der Waals surface area contributed by atoms with Gasteiger partial charge in [-0.25, -0.2) is 9.37 Å². The number of ether oxygens (including phenoxy) is 1. The molecule has 0 aliphatic heterocycles. The fourth-order valence-electron chi connectivity index (χ4n) is 3.13. The normalized spacial score (nSPS) is 12.3. The number of aromatic nitrogens is 1. The van der Waals surface area contributed by atoms with Crippen molar-refractivity contribution in [1.29, 1.82) is 0 Å². The second-order valence-electron chi connectivity index (χ2n) is 8.47. The van der Waals surface area contributed by atoms with Crippen LogP contribution in [0.4, 0.5) is 17.6 Å². The Labute approximate surface area is 191 Å². The third-order valence-corrected chi connectivity index (χ3v) is 6.23. The number of rotatable bonds is 5. The van der Waals surface area contributed by atoms with Crippen LogP contribution in [0.2, 0.25) is 0 Å². The molecule has 2 nitrogen and oxygen atoms in total. The molecular weight excluding hydrogens is 494 g/mol. The Morgan fingerprint density at radius 3 is 2.45 bits per heavy atom. The predicted molar refractivity (Wildman–Crippen MR) is 120 cm³/mol. The predicted octanol–water partition coefficient (Wildman–Crippen LogP) is 8.52. The van der Waals surface area contributed by atoms with Crippen LogP contribution >= 0.6 is 27.3 Å². The van der Waals surface area contributed by atoms with Gasteiger partial charge in [0, 0.05) is 17.2 Å². The molecule has 1 heterocycles. The van der Waals surface area contributed by atoms with E-state index in [1.807, 2.05) is 0 Å². The summed E-state index contributed by atoms with van der Waals surface area (Å²) in [5, 5.41) is 0. The second-order valence-corrected chi connectivity index (χ2v) is 10.7. The summed E-state index contributed by atoms with van der Waals surface area (Å²) in [7, 11) is 0. The lowest BCUT2D eigenvalue weighted by Gasteiger charge is -2.18. The minimum absolute atomic E-state index is 0.00795. The molecule has 0 bridgehead atoms. The minimum atomic E-state index is -4.54. The lowest BCUT2D eigenvalue weighted by molar-refractivity contribution is -0.137. The fourth-order valence-corrected chi connectivity index (χ4v) is 4.58. The first-order chi connectivity index (χ1) is 14.3. The van der Waals surface area contributed by atoms with Crippen molar-refractivity contribution in [3.8, 4) is 27.4 Å². The van der Waals surface area contributed by atoms with E-state index in [1.165, 1.54) is 18.2 Å². The number of hydrogen-bond donors (Lipinski definition) is 0. The quantitative estimate of drug-likeness (QED) is 0.317. The molecule has 1 aromatic heterocycles. The summed E-state index contributed by atoms with van der Waals surface area (Å²) in [6, 6.07) is 8.20. The molecule has 166 valence electrons. The van der Waals surface area contributed by atoms with Gasteiger partial charge < -0.3 is 4.74 Å². The maximum absolute atomic E-state index is 14.4. The van der Waals surface area contributed by atoms with Crippen LogP contribution in [0.1, 0.15) is 38.3 Å². The van der Waals surface area contributed by atoms with Gasteiger partial charge in [-0.3, -0.25) is 0 Å². The molecule has 3 rings (SSSR count). The van der Waals surface area contributed by atoms with E-state index in [9.17, 15) is 17.6 Å². The van der Waals surface area contributed by atoms with Crippen LogP contribution in [-0.2, 0) is 6.18 Å². The second kappa shape index (κ2) is 8.90. The Hall–Kier alpha value is -1.93. The van der Waals surface area contributed by atoms with Crippen molar-refractivity contribution in [2.24, 2.45) is 5.41 Å². The highest BCUT2D eigenvalue weighted by Gasteiger charge is 2.35. The standard InChI is InChI=1S/C23H22BrF4NOS/c1-13-6-5-7-17(23(26,27)28)18(13)19-20(31-21(24)29-19)14-10-15(25)12-16(11-14)30-9-8-22(2,3)4/h5-7,10-12H,8-9H2,1-4H3. The number of hydrogen-bond acceptors (Lipinski definition) is 3. The average Bonchev–Trinajstić information content (AvgIpc) is 3.00. The molecule has 0 atom stereocenters. The number of nitrogens with zero attached hydrogens (tertiary/aromatic N) is 1. The maximum atomic E-state index is 14.4. The maximum Gasteiger partial charge on any atom is 0.417 e. The van der Waals surface area contributed by atoms with E-state index in [4.69, 9.17) is 4.74 Å².